The number of allylic oxidation sites excluding steroid dienone is 1. The number of hydrogen-bond donors (Lipinski definition) is 3. The summed E-state index contributed by atoms with van der Waals surface area (Å²) in [6.07, 6.45) is 2.23. The molecule has 1 amide bonds. The molecule has 1 aromatic carbocycles. The molecule has 2 atom stereocenters. The summed E-state index contributed by atoms with van der Waals surface area (Å²) in [6.45, 7) is 16.9. The summed E-state index contributed by atoms with van der Waals surface area (Å²) in [5.41, 5.74) is 1.99. The topological polar surface area (TPSA) is 86.6 Å². The highest BCUT2D eigenvalue weighted by Crippen LogP contribution is 2.38. The molecule has 3 N–H and O–H groups in total. The first-order chi connectivity index (χ1) is 16.0. The summed E-state index contributed by atoms with van der Waals surface area (Å²) in [6, 6.07) is 9.60. The summed E-state index contributed by atoms with van der Waals surface area (Å²) in [5.74, 6) is -1.96. The molecule has 0 aliphatic carbocycles. The lowest BCUT2D eigenvalue weighted by molar-refractivity contribution is -0.894. The van der Waals surface area contributed by atoms with Crippen LogP contribution in [0.4, 0.5) is 0 Å². The van der Waals surface area contributed by atoms with Gasteiger partial charge in [0.15, 0.2) is 0 Å². The van der Waals surface area contributed by atoms with Crippen LogP contribution >= 0.6 is 0 Å². The highest BCUT2D eigenvalue weighted by atomic mass is 16.4. The fourth-order valence-electron chi connectivity index (χ4n) is 5.21. The van der Waals surface area contributed by atoms with E-state index in [9.17, 15) is 19.8 Å². The van der Waals surface area contributed by atoms with E-state index in [0.29, 0.717) is 24.0 Å². The Morgan fingerprint density at radius 1 is 1.06 bits per heavy atom. The molecule has 0 aliphatic heterocycles. The Kier molecular flexibility index (Phi) is 11.7. The van der Waals surface area contributed by atoms with Crippen molar-refractivity contribution in [1.82, 2.24) is 5.32 Å². The maximum Gasteiger partial charge on any atom is 0.307 e. The lowest BCUT2D eigenvalue weighted by Gasteiger charge is -2.33. The van der Waals surface area contributed by atoms with Gasteiger partial charge in [-0.2, -0.15) is 0 Å². The normalized spacial score (nSPS) is 14.3. The van der Waals surface area contributed by atoms with Gasteiger partial charge in [0.2, 0.25) is 5.91 Å². The maximum atomic E-state index is 12.5. The van der Waals surface area contributed by atoms with Gasteiger partial charge in [-0.1, -0.05) is 77.1 Å². The zero-order chi connectivity index (χ0) is 26.9. The van der Waals surface area contributed by atoms with Gasteiger partial charge >= 0.3 is 5.97 Å². The van der Waals surface area contributed by atoms with Crippen LogP contribution in [0.5, 0.6) is 0 Å². The number of carboxylic acids is 1. The van der Waals surface area contributed by atoms with Gasteiger partial charge in [-0.25, -0.2) is 0 Å². The molecule has 0 saturated carbocycles. The molecule has 6 heteroatoms. The Labute approximate surface area is 213 Å². The number of likely N-dealkylation sites (N-methyl/N-ethyl adjacent to an activating group) is 1. The van der Waals surface area contributed by atoms with Gasteiger partial charge in [0.1, 0.15) is 12.6 Å². The van der Waals surface area contributed by atoms with Crippen molar-refractivity contribution in [3.05, 3.63) is 48.0 Å². The number of carboxylic acid groups (broad SMARTS) is 1. The van der Waals surface area contributed by atoms with E-state index < -0.39 is 18.0 Å². The van der Waals surface area contributed by atoms with E-state index >= 15 is 0 Å². The van der Waals surface area contributed by atoms with Gasteiger partial charge in [-0.3, -0.25) is 9.59 Å². The molecule has 2 unspecified atom stereocenters. The monoisotopic (exact) mass is 489 g/mol. The molecule has 1 rings (SSSR count). The van der Waals surface area contributed by atoms with Crippen molar-refractivity contribution in [2.75, 3.05) is 33.7 Å². The molecule has 0 aliphatic rings. The molecule has 6 nitrogen and oxygen atoms in total. The second kappa shape index (κ2) is 13.2. The first-order valence-corrected chi connectivity index (χ1v) is 12.7. The average Bonchev–Trinajstić information content (AvgIpc) is 2.68. The van der Waals surface area contributed by atoms with Crippen LogP contribution in [0.2, 0.25) is 0 Å². The minimum absolute atomic E-state index is 0.0276. The van der Waals surface area contributed by atoms with Gasteiger partial charge in [-0.15, -0.1) is 0 Å². The van der Waals surface area contributed by atoms with Crippen LogP contribution < -0.4 is 5.32 Å². The van der Waals surface area contributed by atoms with Crippen molar-refractivity contribution in [2.24, 2.45) is 16.7 Å². The fraction of sp³-hybridized carbons (Fsp3) is 0.655. The molecule has 0 bridgehead atoms. The van der Waals surface area contributed by atoms with Crippen LogP contribution in [0, 0.1) is 16.7 Å². The van der Waals surface area contributed by atoms with Gasteiger partial charge in [0.05, 0.1) is 26.6 Å². The number of carbonyl (C=O) groups excluding carboxylic acids is 1. The third-order valence-electron chi connectivity index (χ3n) is 6.17. The third-order valence-corrected chi connectivity index (χ3v) is 6.17. The number of nitrogens with zero attached hydrogens (tertiary/aromatic N) is 1. The van der Waals surface area contributed by atoms with Crippen molar-refractivity contribution < 1.29 is 24.3 Å². The molecule has 0 aromatic heterocycles. The minimum Gasteiger partial charge on any atom is -0.481 e. The standard InChI is InChI=1S/C29H48N2O4/c1-22(19-29(5,6)21-28(2,3)4)17-24(27(34)35)18-26(33)30-15-12-16-31(7,8)20-25(32)23-13-10-9-11-14-23/h9-11,13-14,24-25,32H,1,12,15-21H2,2-8H3,(H-,30,33,34,35)/p+1. The summed E-state index contributed by atoms with van der Waals surface area (Å²) in [7, 11) is 4.11. The van der Waals surface area contributed by atoms with Gasteiger partial charge in [0, 0.05) is 19.4 Å². The molecule has 0 radical (unpaired) electrons. The van der Waals surface area contributed by atoms with Crippen LogP contribution in [-0.4, -0.2) is 60.3 Å². The number of nitrogens with one attached hydrogen (secondary N) is 1. The van der Waals surface area contributed by atoms with E-state index in [-0.39, 0.29) is 23.2 Å². The van der Waals surface area contributed by atoms with Crippen LogP contribution in [0.15, 0.2) is 42.5 Å². The predicted molar refractivity (Wildman–Crippen MR) is 143 cm³/mol. The molecular formula is C29H49N2O4+. The van der Waals surface area contributed by atoms with Crippen LogP contribution in [0.1, 0.15) is 78.4 Å². The van der Waals surface area contributed by atoms with Gasteiger partial charge < -0.3 is 20.0 Å². The Bertz CT molecular complexity index is 825. The number of hydrogen-bond acceptors (Lipinski definition) is 3. The van der Waals surface area contributed by atoms with E-state index in [1.807, 2.05) is 30.3 Å². The molecule has 0 spiro atoms. The van der Waals surface area contributed by atoms with Crippen molar-refractivity contribution in [1.29, 1.82) is 0 Å². The number of carbonyl (C=O) groups is 2. The first-order valence-electron chi connectivity index (χ1n) is 12.7. The first kappa shape index (κ1) is 30.9. The van der Waals surface area contributed by atoms with E-state index in [4.69, 9.17) is 0 Å². The van der Waals surface area contributed by atoms with Crippen molar-refractivity contribution in [3.63, 3.8) is 0 Å². The highest BCUT2D eigenvalue weighted by molar-refractivity contribution is 5.82. The van der Waals surface area contributed by atoms with Crippen LogP contribution in [-0.2, 0) is 9.59 Å². The Morgan fingerprint density at radius 2 is 1.66 bits per heavy atom. The van der Waals surface area contributed by atoms with E-state index in [1.165, 1.54) is 0 Å². The quantitative estimate of drug-likeness (QED) is 0.180. The lowest BCUT2D eigenvalue weighted by atomic mass is 9.72. The van der Waals surface area contributed by atoms with Gasteiger partial charge in [-0.05, 0) is 35.7 Å². The summed E-state index contributed by atoms with van der Waals surface area (Å²) < 4.78 is 0.619. The second-order valence-corrected chi connectivity index (χ2v) is 12.7. The molecule has 35 heavy (non-hydrogen) atoms. The van der Waals surface area contributed by atoms with Crippen LogP contribution in [0.3, 0.4) is 0 Å². The zero-order valence-electron chi connectivity index (χ0n) is 23.1. The van der Waals surface area contributed by atoms with E-state index in [1.54, 1.807) is 0 Å². The van der Waals surface area contributed by atoms with E-state index in [0.717, 1.165) is 36.9 Å². The summed E-state index contributed by atoms with van der Waals surface area (Å²) in [4.78, 5) is 24.2. The smallest absolute Gasteiger partial charge is 0.307 e. The Balaban J connectivity index is 2.46. The van der Waals surface area contributed by atoms with Gasteiger partial charge in [0.25, 0.3) is 0 Å². The minimum atomic E-state index is -0.956. The highest BCUT2D eigenvalue weighted by Gasteiger charge is 2.29. The maximum absolute atomic E-state index is 12.5. The number of aliphatic hydroxyl groups excluding tert-OH is 1. The number of rotatable bonds is 15. The third kappa shape index (κ3) is 13.5. The van der Waals surface area contributed by atoms with Crippen molar-refractivity contribution in [2.45, 2.75) is 72.8 Å². The number of aliphatic carboxylic acids is 1. The number of quaternary nitrogens is 1. The zero-order valence-corrected chi connectivity index (χ0v) is 23.1. The second-order valence-electron chi connectivity index (χ2n) is 12.7. The van der Waals surface area contributed by atoms with Crippen LogP contribution in [0.25, 0.3) is 0 Å². The molecular weight excluding hydrogens is 440 g/mol. The molecule has 0 heterocycles. The average molecular weight is 490 g/mol. The Morgan fingerprint density at radius 3 is 2.20 bits per heavy atom. The lowest BCUT2D eigenvalue weighted by Crippen LogP contribution is -2.44. The number of amides is 1. The predicted octanol–water partition coefficient (Wildman–Crippen LogP) is 5.19. The molecule has 1 aromatic rings. The number of benzene rings is 1. The largest absolute Gasteiger partial charge is 0.481 e. The Hall–Kier alpha value is -2.18. The summed E-state index contributed by atoms with van der Waals surface area (Å²) in [5, 5.41) is 23.0. The molecule has 198 valence electrons. The summed E-state index contributed by atoms with van der Waals surface area (Å²) >= 11 is 0. The SMILES string of the molecule is C=C(CC(CC(=O)NCCC[N+](C)(C)CC(O)c1ccccc1)C(=O)O)CC(C)(C)CC(C)(C)C. The van der Waals surface area contributed by atoms with E-state index in [2.05, 4.69) is 60.6 Å². The van der Waals surface area contributed by atoms with Crippen molar-refractivity contribution in [3.8, 4) is 0 Å². The molecule has 0 saturated heterocycles. The van der Waals surface area contributed by atoms with Crippen molar-refractivity contribution >= 4 is 11.9 Å². The fourth-order valence-corrected chi connectivity index (χ4v) is 5.21. The molecule has 0 fully saturated rings. The number of aliphatic hydroxyl groups is 1.